The molecule has 0 heterocycles. The van der Waals surface area contributed by atoms with Gasteiger partial charge in [0, 0.05) is 26.1 Å². The molecule has 0 bridgehead atoms. The van der Waals surface area contributed by atoms with Gasteiger partial charge in [-0.2, -0.15) is 0 Å². The van der Waals surface area contributed by atoms with Crippen LogP contribution in [-0.4, -0.2) is 42.5 Å². The zero-order chi connectivity index (χ0) is 15.7. The number of carbonyl (C=O) groups is 2. The van der Waals surface area contributed by atoms with Crippen LogP contribution in [0, 0.1) is 0 Å². The number of amides is 2. The third-order valence-electron chi connectivity index (χ3n) is 3.32. The molecule has 21 heavy (non-hydrogen) atoms. The molecule has 116 valence electrons. The van der Waals surface area contributed by atoms with Crippen molar-refractivity contribution in [1.82, 2.24) is 10.2 Å². The molecule has 2 amide bonds. The van der Waals surface area contributed by atoms with Gasteiger partial charge in [0.25, 0.3) is 5.91 Å². The van der Waals surface area contributed by atoms with Crippen molar-refractivity contribution in [3.8, 4) is 5.75 Å². The van der Waals surface area contributed by atoms with Crippen molar-refractivity contribution in [3.05, 3.63) is 30.3 Å². The number of para-hydroxylation sites is 1. The normalized spacial score (nSPS) is 11.6. The summed E-state index contributed by atoms with van der Waals surface area (Å²) in [7, 11) is 0. The van der Waals surface area contributed by atoms with Crippen molar-refractivity contribution in [1.29, 1.82) is 0 Å². The Labute approximate surface area is 126 Å². The second-order valence-electron chi connectivity index (χ2n) is 4.92. The highest BCUT2D eigenvalue weighted by Crippen LogP contribution is 2.07. The van der Waals surface area contributed by atoms with Gasteiger partial charge in [-0.05, 0) is 25.5 Å². The molecule has 0 aromatic heterocycles. The predicted molar refractivity (Wildman–Crippen MR) is 82.1 cm³/mol. The Morgan fingerprint density at radius 1 is 1.29 bits per heavy atom. The van der Waals surface area contributed by atoms with Gasteiger partial charge in [0.15, 0.2) is 6.61 Å². The van der Waals surface area contributed by atoms with E-state index in [4.69, 9.17) is 4.74 Å². The minimum atomic E-state index is -0.188. The van der Waals surface area contributed by atoms with E-state index in [0.29, 0.717) is 18.8 Å². The lowest BCUT2D eigenvalue weighted by atomic mass is 10.2. The minimum absolute atomic E-state index is 0.0204. The summed E-state index contributed by atoms with van der Waals surface area (Å²) in [6.07, 6.45) is 0.893. The molecule has 0 aliphatic heterocycles. The molecule has 0 radical (unpaired) electrons. The predicted octanol–water partition coefficient (Wildman–Crippen LogP) is 1.83. The first kappa shape index (κ1) is 17.0. The van der Waals surface area contributed by atoms with Gasteiger partial charge < -0.3 is 15.0 Å². The van der Waals surface area contributed by atoms with Crippen molar-refractivity contribution in [2.45, 2.75) is 33.2 Å². The van der Waals surface area contributed by atoms with Crippen LogP contribution < -0.4 is 10.1 Å². The van der Waals surface area contributed by atoms with E-state index in [1.54, 1.807) is 24.0 Å². The van der Waals surface area contributed by atoms with E-state index in [-0.39, 0.29) is 24.5 Å². The zero-order valence-electron chi connectivity index (χ0n) is 13.0. The summed E-state index contributed by atoms with van der Waals surface area (Å²) in [5, 5.41) is 2.76. The first-order valence-electron chi connectivity index (χ1n) is 7.26. The molecule has 1 aromatic rings. The monoisotopic (exact) mass is 292 g/mol. The van der Waals surface area contributed by atoms with Crippen molar-refractivity contribution >= 4 is 11.8 Å². The van der Waals surface area contributed by atoms with Crippen LogP contribution in [0.5, 0.6) is 5.75 Å². The lowest BCUT2D eigenvalue weighted by Crippen LogP contribution is -2.43. The van der Waals surface area contributed by atoms with Crippen LogP contribution in [0.2, 0.25) is 0 Å². The van der Waals surface area contributed by atoms with E-state index in [1.807, 2.05) is 32.0 Å². The largest absolute Gasteiger partial charge is 0.484 e. The fourth-order valence-electron chi connectivity index (χ4n) is 1.94. The third-order valence-corrected chi connectivity index (χ3v) is 3.32. The maximum atomic E-state index is 11.7. The number of hydrogen-bond acceptors (Lipinski definition) is 3. The standard InChI is InChI=1S/C16H24N2O3/c1-4-13(2)18(14(3)19)11-10-17-16(20)12-21-15-8-6-5-7-9-15/h5-9,13H,4,10-12H2,1-3H3,(H,17,20). The highest BCUT2D eigenvalue weighted by molar-refractivity contribution is 5.77. The lowest BCUT2D eigenvalue weighted by Gasteiger charge is -2.27. The molecule has 0 aliphatic carbocycles. The first-order chi connectivity index (χ1) is 10.0. The summed E-state index contributed by atoms with van der Waals surface area (Å²) < 4.78 is 5.35. The fraction of sp³-hybridized carbons (Fsp3) is 0.500. The number of nitrogens with zero attached hydrogens (tertiary/aromatic N) is 1. The number of benzene rings is 1. The average molecular weight is 292 g/mol. The molecule has 0 saturated carbocycles. The second kappa shape index (κ2) is 9.00. The van der Waals surface area contributed by atoms with Crippen molar-refractivity contribution < 1.29 is 14.3 Å². The summed E-state index contributed by atoms with van der Waals surface area (Å²) in [6, 6.07) is 9.37. The Morgan fingerprint density at radius 2 is 1.95 bits per heavy atom. The molecule has 1 unspecified atom stereocenters. The maximum Gasteiger partial charge on any atom is 0.258 e. The lowest BCUT2D eigenvalue weighted by molar-refractivity contribution is -0.131. The highest BCUT2D eigenvalue weighted by atomic mass is 16.5. The van der Waals surface area contributed by atoms with Crippen LogP contribution in [-0.2, 0) is 9.59 Å². The van der Waals surface area contributed by atoms with Crippen LogP contribution in [0.1, 0.15) is 27.2 Å². The molecule has 1 rings (SSSR count). The van der Waals surface area contributed by atoms with E-state index in [0.717, 1.165) is 6.42 Å². The summed E-state index contributed by atoms with van der Waals surface area (Å²) in [4.78, 5) is 24.9. The maximum absolute atomic E-state index is 11.7. The van der Waals surface area contributed by atoms with E-state index in [9.17, 15) is 9.59 Å². The van der Waals surface area contributed by atoms with Crippen LogP contribution in [0.4, 0.5) is 0 Å². The molecule has 0 spiro atoms. The molecule has 0 fully saturated rings. The van der Waals surface area contributed by atoms with Gasteiger partial charge in [-0.25, -0.2) is 0 Å². The molecule has 1 N–H and O–H groups in total. The summed E-state index contributed by atoms with van der Waals surface area (Å²) >= 11 is 0. The molecular formula is C16H24N2O3. The van der Waals surface area contributed by atoms with Gasteiger partial charge in [-0.1, -0.05) is 25.1 Å². The number of carbonyl (C=O) groups excluding carboxylic acids is 2. The smallest absolute Gasteiger partial charge is 0.258 e. The molecule has 1 aromatic carbocycles. The SMILES string of the molecule is CCC(C)N(CCNC(=O)COc1ccccc1)C(C)=O. The molecule has 5 heteroatoms. The van der Waals surface area contributed by atoms with Gasteiger partial charge in [0.05, 0.1) is 0 Å². The Morgan fingerprint density at radius 3 is 2.52 bits per heavy atom. The second-order valence-corrected chi connectivity index (χ2v) is 4.92. The molecular weight excluding hydrogens is 268 g/mol. The van der Waals surface area contributed by atoms with Gasteiger partial charge in [-0.15, -0.1) is 0 Å². The fourth-order valence-corrected chi connectivity index (χ4v) is 1.94. The van der Waals surface area contributed by atoms with E-state index in [2.05, 4.69) is 5.32 Å². The van der Waals surface area contributed by atoms with Crippen LogP contribution >= 0.6 is 0 Å². The van der Waals surface area contributed by atoms with Crippen molar-refractivity contribution in [2.24, 2.45) is 0 Å². The number of nitrogens with one attached hydrogen (secondary N) is 1. The topological polar surface area (TPSA) is 58.6 Å². The van der Waals surface area contributed by atoms with Crippen LogP contribution in [0.25, 0.3) is 0 Å². The summed E-state index contributed by atoms with van der Waals surface area (Å²) in [5.74, 6) is 0.503. The van der Waals surface area contributed by atoms with Gasteiger partial charge in [0.1, 0.15) is 5.75 Å². The molecule has 1 atom stereocenters. The summed E-state index contributed by atoms with van der Waals surface area (Å²) in [6.45, 7) is 6.51. The van der Waals surface area contributed by atoms with Crippen molar-refractivity contribution in [3.63, 3.8) is 0 Å². The zero-order valence-corrected chi connectivity index (χ0v) is 13.0. The van der Waals surface area contributed by atoms with Gasteiger partial charge in [0.2, 0.25) is 5.91 Å². The van der Waals surface area contributed by atoms with Crippen LogP contribution in [0.15, 0.2) is 30.3 Å². The van der Waals surface area contributed by atoms with E-state index < -0.39 is 0 Å². The van der Waals surface area contributed by atoms with Crippen LogP contribution in [0.3, 0.4) is 0 Å². The Hall–Kier alpha value is -2.04. The molecule has 0 aliphatic rings. The minimum Gasteiger partial charge on any atom is -0.484 e. The Balaban J connectivity index is 2.28. The van der Waals surface area contributed by atoms with Gasteiger partial charge >= 0.3 is 0 Å². The Kier molecular flexibility index (Phi) is 7.29. The number of ether oxygens (including phenoxy) is 1. The highest BCUT2D eigenvalue weighted by Gasteiger charge is 2.14. The average Bonchev–Trinajstić information content (AvgIpc) is 2.49. The summed E-state index contributed by atoms with van der Waals surface area (Å²) in [5.41, 5.74) is 0. The van der Waals surface area contributed by atoms with Crippen molar-refractivity contribution in [2.75, 3.05) is 19.7 Å². The first-order valence-corrected chi connectivity index (χ1v) is 7.26. The number of rotatable bonds is 8. The number of hydrogen-bond donors (Lipinski definition) is 1. The quantitative estimate of drug-likeness (QED) is 0.795. The molecule has 5 nitrogen and oxygen atoms in total. The molecule has 0 saturated heterocycles. The third kappa shape index (κ3) is 6.29. The van der Waals surface area contributed by atoms with E-state index >= 15 is 0 Å². The van der Waals surface area contributed by atoms with Gasteiger partial charge in [-0.3, -0.25) is 9.59 Å². The Bertz CT molecular complexity index is 448. The van der Waals surface area contributed by atoms with E-state index in [1.165, 1.54) is 0 Å².